The lowest BCUT2D eigenvalue weighted by Gasteiger charge is -2.33. The van der Waals surface area contributed by atoms with Gasteiger partial charge < -0.3 is 5.11 Å². The monoisotopic (exact) mass is 268 g/mol. The second-order valence-electron chi connectivity index (χ2n) is 6.84. The van der Waals surface area contributed by atoms with Gasteiger partial charge in [0.2, 0.25) is 0 Å². The maximum atomic E-state index is 10.0. The van der Waals surface area contributed by atoms with Crippen LogP contribution >= 0.6 is 0 Å². The van der Waals surface area contributed by atoms with E-state index in [1.165, 1.54) is 51.4 Å². The van der Waals surface area contributed by atoms with Crippen LogP contribution in [0.3, 0.4) is 0 Å². The zero-order chi connectivity index (χ0) is 14.3. The Hall–Kier alpha value is -0.0400. The summed E-state index contributed by atoms with van der Waals surface area (Å²) in [6.07, 6.45) is 12.1. The summed E-state index contributed by atoms with van der Waals surface area (Å²) in [6.45, 7) is 8.65. The van der Waals surface area contributed by atoms with Crippen LogP contribution in [0.15, 0.2) is 0 Å². The molecule has 2 saturated carbocycles. The summed E-state index contributed by atoms with van der Waals surface area (Å²) in [7, 11) is 0. The van der Waals surface area contributed by atoms with Crippen LogP contribution in [0.4, 0.5) is 0 Å². The fourth-order valence-corrected chi connectivity index (χ4v) is 4.21. The largest absolute Gasteiger partial charge is 0.393 e. The topological polar surface area (TPSA) is 20.2 Å². The number of hydrogen-bond donors (Lipinski definition) is 1. The molecule has 4 atom stereocenters. The average Bonchev–Trinajstić information content (AvgIpc) is 2.82. The second-order valence-corrected chi connectivity index (χ2v) is 6.84. The normalized spacial score (nSPS) is 33.8. The zero-order valence-electron chi connectivity index (χ0n) is 13.7. The molecule has 0 aromatic carbocycles. The van der Waals surface area contributed by atoms with Gasteiger partial charge in [0.05, 0.1) is 6.10 Å². The minimum Gasteiger partial charge on any atom is -0.393 e. The highest BCUT2D eigenvalue weighted by atomic mass is 16.3. The predicted octanol–water partition coefficient (Wildman–Crippen LogP) is 5.42. The molecule has 0 saturated heterocycles. The van der Waals surface area contributed by atoms with Crippen molar-refractivity contribution in [3.05, 3.63) is 0 Å². The Kier molecular flexibility index (Phi) is 8.06. The van der Waals surface area contributed by atoms with Gasteiger partial charge in [-0.2, -0.15) is 0 Å². The molecule has 4 unspecified atom stereocenters. The SMILES string of the molecule is CC.CC(C)CCCCC1CCC2C(O)CCCC12. The van der Waals surface area contributed by atoms with Gasteiger partial charge in [0, 0.05) is 0 Å². The molecule has 0 spiro atoms. The molecule has 0 aromatic rings. The van der Waals surface area contributed by atoms with E-state index in [2.05, 4.69) is 13.8 Å². The van der Waals surface area contributed by atoms with E-state index in [1.54, 1.807) is 0 Å². The molecule has 2 fully saturated rings. The van der Waals surface area contributed by atoms with E-state index < -0.39 is 0 Å². The van der Waals surface area contributed by atoms with Crippen LogP contribution in [0, 0.1) is 23.7 Å². The first-order valence-corrected chi connectivity index (χ1v) is 8.86. The summed E-state index contributed by atoms with van der Waals surface area (Å²) in [5, 5.41) is 10.0. The van der Waals surface area contributed by atoms with Crippen LogP contribution in [0.5, 0.6) is 0 Å². The number of rotatable bonds is 5. The molecule has 2 rings (SSSR count). The molecule has 2 aliphatic rings. The molecule has 0 amide bonds. The number of aliphatic hydroxyl groups is 1. The minimum absolute atomic E-state index is 0.0365. The highest BCUT2D eigenvalue weighted by Crippen LogP contribution is 2.47. The summed E-state index contributed by atoms with van der Waals surface area (Å²) < 4.78 is 0. The lowest BCUT2D eigenvalue weighted by atomic mass is 9.75. The standard InChI is InChI=1S/C16H30O.C2H6/c1-12(2)6-3-4-7-13-10-11-15-14(13)8-5-9-16(15)17;1-2/h12-17H,3-11H2,1-2H3;1-2H3. The van der Waals surface area contributed by atoms with Gasteiger partial charge in [0.25, 0.3) is 0 Å². The van der Waals surface area contributed by atoms with Gasteiger partial charge in [-0.25, -0.2) is 0 Å². The van der Waals surface area contributed by atoms with Gasteiger partial charge in [-0.3, -0.25) is 0 Å². The Balaban J connectivity index is 0.000000861. The van der Waals surface area contributed by atoms with Crippen molar-refractivity contribution in [1.82, 2.24) is 0 Å². The maximum absolute atomic E-state index is 10.0. The third-order valence-electron chi connectivity index (χ3n) is 5.16. The summed E-state index contributed by atoms with van der Waals surface area (Å²) >= 11 is 0. The lowest BCUT2D eigenvalue weighted by Crippen LogP contribution is -2.30. The molecule has 0 radical (unpaired) electrons. The molecular formula is C18H36O. The molecule has 114 valence electrons. The van der Waals surface area contributed by atoms with Crippen LogP contribution < -0.4 is 0 Å². The van der Waals surface area contributed by atoms with Gasteiger partial charge >= 0.3 is 0 Å². The van der Waals surface area contributed by atoms with Gasteiger partial charge in [-0.05, 0) is 49.4 Å². The van der Waals surface area contributed by atoms with Crippen molar-refractivity contribution in [2.75, 3.05) is 0 Å². The van der Waals surface area contributed by atoms with Gasteiger partial charge in [0.1, 0.15) is 0 Å². The highest BCUT2D eigenvalue weighted by molar-refractivity contribution is 4.91. The first kappa shape index (κ1) is 17.0. The molecule has 1 heteroatoms. The molecule has 2 aliphatic carbocycles. The molecule has 0 aromatic heterocycles. The minimum atomic E-state index is 0.0365. The van der Waals surface area contributed by atoms with Gasteiger partial charge in [-0.15, -0.1) is 0 Å². The summed E-state index contributed by atoms with van der Waals surface area (Å²) in [4.78, 5) is 0. The third kappa shape index (κ3) is 5.10. The lowest BCUT2D eigenvalue weighted by molar-refractivity contribution is 0.0367. The van der Waals surface area contributed by atoms with Crippen molar-refractivity contribution < 1.29 is 5.11 Å². The molecular weight excluding hydrogens is 232 g/mol. The van der Waals surface area contributed by atoms with E-state index in [1.807, 2.05) is 13.8 Å². The first-order valence-electron chi connectivity index (χ1n) is 8.86. The Labute approximate surface area is 121 Å². The maximum Gasteiger partial charge on any atom is 0.0571 e. The number of fused-ring (bicyclic) bond motifs is 1. The van der Waals surface area contributed by atoms with Crippen LogP contribution in [0.25, 0.3) is 0 Å². The smallest absolute Gasteiger partial charge is 0.0571 e. The number of hydrogen-bond acceptors (Lipinski definition) is 1. The molecule has 0 aliphatic heterocycles. The van der Waals surface area contributed by atoms with Crippen LogP contribution in [-0.2, 0) is 0 Å². The Morgan fingerprint density at radius 3 is 2.37 bits per heavy atom. The van der Waals surface area contributed by atoms with Crippen molar-refractivity contribution in [2.45, 2.75) is 91.6 Å². The van der Waals surface area contributed by atoms with Crippen LogP contribution in [0.1, 0.15) is 85.5 Å². The Morgan fingerprint density at radius 1 is 0.947 bits per heavy atom. The summed E-state index contributed by atoms with van der Waals surface area (Å²) in [5.41, 5.74) is 0. The van der Waals surface area contributed by atoms with Crippen molar-refractivity contribution >= 4 is 0 Å². The second kappa shape index (κ2) is 9.00. The van der Waals surface area contributed by atoms with Crippen molar-refractivity contribution in [3.8, 4) is 0 Å². The predicted molar refractivity (Wildman–Crippen MR) is 84.2 cm³/mol. The third-order valence-corrected chi connectivity index (χ3v) is 5.16. The van der Waals surface area contributed by atoms with E-state index >= 15 is 0 Å². The fraction of sp³-hybridized carbons (Fsp3) is 1.00. The Bertz CT molecular complexity index is 224. The average molecular weight is 268 g/mol. The summed E-state index contributed by atoms with van der Waals surface area (Å²) in [6, 6.07) is 0. The highest BCUT2D eigenvalue weighted by Gasteiger charge is 2.41. The number of aliphatic hydroxyl groups excluding tert-OH is 1. The zero-order valence-corrected chi connectivity index (χ0v) is 13.7. The van der Waals surface area contributed by atoms with E-state index in [0.29, 0.717) is 5.92 Å². The van der Waals surface area contributed by atoms with E-state index in [-0.39, 0.29) is 6.10 Å². The molecule has 0 bridgehead atoms. The fourth-order valence-electron chi connectivity index (χ4n) is 4.21. The van der Waals surface area contributed by atoms with Crippen molar-refractivity contribution in [2.24, 2.45) is 23.7 Å². The van der Waals surface area contributed by atoms with Crippen molar-refractivity contribution in [1.29, 1.82) is 0 Å². The quantitative estimate of drug-likeness (QED) is 0.660. The van der Waals surface area contributed by atoms with Crippen LogP contribution in [0.2, 0.25) is 0 Å². The van der Waals surface area contributed by atoms with E-state index in [4.69, 9.17) is 0 Å². The molecule has 0 heterocycles. The Morgan fingerprint density at radius 2 is 1.68 bits per heavy atom. The molecule has 1 N–H and O–H groups in total. The summed E-state index contributed by atoms with van der Waals surface area (Å²) in [5.74, 6) is 3.35. The van der Waals surface area contributed by atoms with E-state index in [9.17, 15) is 5.11 Å². The van der Waals surface area contributed by atoms with Crippen LogP contribution in [-0.4, -0.2) is 11.2 Å². The van der Waals surface area contributed by atoms with E-state index in [0.717, 1.165) is 24.2 Å². The van der Waals surface area contributed by atoms with Crippen molar-refractivity contribution in [3.63, 3.8) is 0 Å². The first-order chi connectivity index (χ1) is 9.18. The molecule has 1 nitrogen and oxygen atoms in total. The number of unbranched alkanes of at least 4 members (excludes halogenated alkanes) is 1. The van der Waals surface area contributed by atoms with Gasteiger partial charge in [-0.1, -0.05) is 59.8 Å². The molecule has 19 heavy (non-hydrogen) atoms. The van der Waals surface area contributed by atoms with Gasteiger partial charge in [0.15, 0.2) is 0 Å².